The van der Waals surface area contributed by atoms with E-state index in [0.29, 0.717) is 37.2 Å². The smallest absolute Gasteiger partial charge is 0.411 e. The maximum Gasteiger partial charge on any atom is 0.411 e. The van der Waals surface area contributed by atoms with E-state index in [-0.39, 0.29) is 12.0 Å². The van der Waals surface area contributed by atoms with Crippen molar-refractivity contribution < 1.29 is 19.1 Å². The van der Waals surface area contributed by atoms with Crippen LogP contribution in [0.2, 0.25) is 0 Å². The number of carbonyl (C=O) groups is 2. The second kappa shape index (κ2) is 10.2. The molecule has 0 spiro atoms. The van der Waals surface area contributed by atoms with Gasteiger partial charge in [0, 0.05) is 41.7 Å². The Morgan fingerprint density at radius 2 is 1.89 bits per heavy atom. The van der Waals surface area contributed by atoms with E-state index in [0.717, 1.165) is 72.2 Å². The quantitative estimate of drug-likeness (QED) is 0.365. The molecule has 1 atom stereocenters. The number of ether oxygens (including phenoxy) is 2. The molecule has 3 fully saturated rings. The zero-order valence-electron chi connectivity index (χ0n) is 21.9. The number of fused-ring (bicyclic) bond motifs is 1. The number of anilines is 2. The average Bonchev–Trinajstić information content (AvgIpc) is 3.60. The third-order valence-electron chi connectivity index (χ3n) is 8.24. The molecule has 0 bridgehead atoms. The molecular weight excluding hydrogens is 480 g/mol. The third-order valence-corrected chi connectivity index (χ3v) is 8.24. The van der Waals surface area contributed by atoms with Crippen molar-refractivity contribution in [1.29, 1.82) is 0 Å². The van der Waals surface area contributed by atoms with Crippen LogP contribution in [-0.2, 0) is 9.53 Å². The SMILES string of the molecule is C[C@@H](OC(=O)Nc1ccc(-c2c(N)c3ccc(OCCN4CCCC4=O)cc3n2C2CCC2)cc1)C1CC1. The van der Waals surface area contributed by atoms with Crippen LogP contribution < -0.4 is 15.8 Å². The second-order valence-electron chi connectivity index (χ2n) is 10.9. The molecule has 1 saturated heterocycles. The highest BCUT2D eigenvalue weighted by atomic mass is 16.6. The molecule has 3 aliphatic rings. The van der Waals surface area contributed by atoms with Gasteiger partial charge in [-0.2, -0.15) is 0 Å². The van der Waals surface area contributed by atoms with Crippen molar-refractivity contribution in [1.82, 2.24) is 9.47 Å². The van der Waals surface area contributed by atoms with E-state index in [2.05, 4.69) is 16.0 Å². The van der Waals surface area contributed by atoms with Crippen LogP contribution in [0.15, 0.2) is 42.5 Å². The highest BCUT2D eigenvalue weighted by Crippen LogP contribution is 2.45. The van der Waals surface area contributed by atoms with Crippen LogP contribution in [0.3, 0.4) is 0 Å². The van der Waals surface area contributed by atoms with E-state index in [1.165, 1.54) is 6.42 Å². The van der Waals surface area contributed by atoms with E-state index >= 15 is 0 Å². The van der Waals surface area contributed by atoms with Crippen molar-refractivity contribution in [2.45, 2.75) is 64.0 Å². The standard InChI is InChI=1S/C30H36N4O4/c1-19(20-7-8-20)38-30(36)32-22-11-9-21(10-12-22)29-28(31)25-14-13-24(18-26(25)34(29)23-4-2-5-23)37-17-16-33-15-3-6-27(33)35/h9-14,18-20,23H,2-8,15-17,31H2,1H3,(H,32,36)/t19-/m1/s1. The largest absolute Gasteiger partial charge is 0.492 e. The second-order valence-corrected chi connectivity index (χ2v) is 10.9. The molecule has 2 aromatic carbocycles. The molecule has 1 aromatic heterocycles. The summed E-state index contributed by atoms with van der Waals surface area (Å²) in [4.78, 5) is 26.0. The Morgan fingerprint density at radius 3 is 2.55 bits per heavy atom. The minimum absolute atomic E-state index is 0.0520. The topological polar surface area (TPSA) is 98.8 Å². The highest BCUT2D eigenvalue weighted by molar-refractivity contribution is 6.01. The first kappa shape index (κ1) is 24.6. The van der Waals surface area contributed by atoms with E-state index in [4.69, 9.17) is 15.2 Å². The van der Waals surface area contributed by atoms with Gasteiger partial charge in [-0.15, -0.1) is 0 Å². The van der Waals surface area contributed by atoms with E-state index < -0.39 is 6.09 Å². The Morgan fingerprint density at radius 1 is 1.11 bits per heavy atom. The number of benzene rings is 2. The molecule has 0 unspecified atom stereocenters. The molecule has 2 aliphatic carbocycles. The molecular formula is C30H36N4O4. The number of nitrogens with zero attached hydrogens (tertiary/aromatic N) is 2. The van der Waals surface area contributed by atoms with Crippen molar-refractivity contribution >= 4 is 34.3 Å². The lowest BCUT2D eigenvalue weighted by Crippen LogP contribution is -2.29. The van der Waals surface area contributed by atoms with Crippen LogP contribution >= 0.6 is 0 Å². The summed E-state index contributed by atoms with van der Waals surface area (Å²) in [5.41, 5.74) is 11.3. The van der Waals surface area contributed by atoms with Crippen LogP contribution in [-0.4, -0.2) is 47.3 Å². The van der Waals surface area contributed by atoms with E-state index in [1.54, 1.807) is 0 Å². The molecule has 3 N–H and O–H groups in total. The highest BCUT2D eigenvalue weighted by Gasteiger charge is 2.31. The Hall–Kier alpha value is -3.68. The Balaban J connectivity index is 1.22. The average molecular weight is 517 g/mol. The summed E-state index contributed by atoms with van der Waals surface area (Å²) in [6.07, 6.45) is 6.80. The monoisotopic (exact) mass is 516 g/mol. The Labute approximate surface area is 223 Å². The van der Waals surface area contributed by atoms with Gasteiger partial charge in [-0.05, 0) is 75.6 Å². The number of likely N-dealkylation sites (tertiary alicyclic amines) is 1. The van der Waals surface area contributed by atoms with Crippen LogP contribution in [0.4, 0.5) is 16.2 Å². The van der Waals surface area contributed by atoms with Crippen molar-refractivity contribution in [2.24, 2.45) is 5.92 Å². The lowest BCUT2D eigenvalue weighted by atomic mass is 9.92. The third kappa shape index (κ3) is 4.91. The molecule has 0 radical (unpaired) electrons. The number of rotatable bonds is 9. The van der Waals surface area contributed by atoms with Gasteiger partial charge in [-0.3, -0.25) is 10.1 Å². The van der Waals surface area contributed by atoms with Gasteiger partial charge in [-0.1, -0.05) is 12.1 Å². The first-order chi connectivity index (χ1) is 18.5. The van der Waals surface area contributed by atoms with Gasteiger partial charge >= 0.3 is 6.09 Å². The molecule has 2 heterocycles. The van der Waals surface area contributed by atoms with Crippen LogP contribution in [0.5, 0.6) is 5.75 Å². The summed E-state index contributed by atoms with van der Waals surface area (Å²) in [6.45, 7) is 3.86. The number of hydrogen-bond acceptors (Lipinski definition) is 5. The molecule has 6 rings (SSSR count). The number of nitrogens with one attached hydrogen (secondary N) is 1. The summed E-state index contributed by atoms with van der Waals surface area (Å²) in [7, 11) is 0. The van der Waals surface area contributed by atoms with Crippen molar-refractivity contribution in [2.75, 3.05) is 30.7 Å². The molecule has 200 valence electrons. The summed E-state index contributed by atoms with van der Waals surface area (Å²) < 4.78 is 13.9. The van der Waals surface area contributed by atoms with Gasteiger partial charge < -0.3 is 24.7 Å². The number of carbonyl (C=O) groups excluding carboxylic acids is 2. The lowest BCUT2D eigenvalue weighted by Gasteiger charge is -2.30. The van der Waals surface area contributed by atoms with Crippen LogP contribution in [0, 0.1) is 5.92 Å². The number of nitrogen functional groups attached to an aromatic ring is 1. The predicted octanol–water partition coefficient (Wildman–Crippen LogP) is 5.96. The van der Waals surface area contributed by atoms with Crippen molar-refractivity contribution in [3.8, 4) is 17.0 Å². The predicted molar refractivity (Wildman–Crippen MR) is 148 cm³/mol. The number of hydrogen-bond donors (Lipinski definition) is 2. The molecule has 8 nitrogen and oxygen atoms in total. The minimum atomic E-state index is -0.415. The molecule has 38 heavy (non-hydrogen) atoms. The summed E-state index contributed by atoms with van der Waals surface area (Å²) >= 11 is 0. The summed E-state index contributed by atoms with van der Waals surface area (Å²) in [5, 5.41) is 3.85. The summed E-state index contributed by atoms with van der Waals surface area (Å²) in [6, 6.07) is 14.3. The van der Waals surface area contributed by atoms with Gasteiger partial charge in [0.1, 0.15) is 18.5 Å². The number of nitrogens with two attached hydrogens (primary N) is 1. The fourth-order valence-electron chi connectivity index (χ4n) is 5.63. The summed E-state index contributed by atoms with van der Waals surface area (Å²) in [5.74, 6) is 1.50. The first-order valence-corrected chi connectivity index (χ1v) is 13.9. The van der Waals surface area contributed by atoms with Gasteiger partial charge in [0.15, 0.2) is 0 Å². The lowest BCUT2D eigenvalue weighted by molar-refractivity contribution is -0.128. The van der Waals surface area contributed by atoms with Crippen LogP contribution in [0.25, 0.3) is 22.2 Å². The Bertz CT molecular complexity index is 1340. The maximum absolute atomic E-state index is 12.3. The fraction of sp³-hybridized carbons (Fsp3) is 0.467. The zero-order valence-corrected chi connectivity index (χ0v) is 21.9. The minimum Gasteiger partial charge on any atom is -0.492 e. The van der Waals surface area contributed by atoms with Crippen LogP contribution in [0.1, 0.15) is 57.9 Å². The molecule has 1 aliphatic heterocycles. The first-order valence-electron chi connectivity index (χ1n) is 13.9. The van der Waals surface area contributed by atoms with Crippen molar-refractivity contribution in [3.63, 3.8) is 0 Å². The van der Waals surface area contributed by atoms with Crippen molar-refractivity contribution in [3.05, 3.63) is 42.5 Å². The zero-order chi connectivity index (χ0) is 26.2. The van der Waals surface area contributed by atoms with Gasteiger partial charge in [-0.25, -0.2) is 4.79 Å². The fourth-order valence-corrected chi connectivity index (χ4v) is 5.63. The number of aromatic nitrogens is 1. The van der Waals surface area contributed by atoms with E-state index in [1.807, 2.05) is 48.2 Å². The van der Waals surface area contributed by atoms with Gasteiger partial charge in [0.25, 0.3) is 0 Å². The molecule has 2 amide bonds. The van der Waals surface area contributed by atoms with Gasteiger partial charge in [0.2, 0.25) is 5.91 Å². The molecule has 2 saturated carbocycles. The maximum atomic E-state index is 12.3. The molecule has 8 heteroatoms. The molecule has 3 aromatic rings. The van der Waals surface area contributed by atoms with Gasteiger partial charge in [0.05, 0.1) is 23.4 Å². The normalized spacial score (nSPS) is 18.4. The number of amides is 2. The van der Waals surface area contributed by atoms with E-state index in [9.17, 15) is 9.59 Å². The Kier molecular flexibility index (Phi) is 6.64.